The molecule has 0 fully saturated rings. The van der Waals surface area contributed by atoms with Gasteiger partial charge in [0.05, 0.1) is 13.2 Å². The van der Waals surface area contributed by atoms with Crippen LogP contribution < -0.4 is 0 Å². The van der Waals surface area contributed by atoms with E-state index in [1.54, 1.807) is 0 Å². The summed E-state index contributed by atoms with van der Waals surface area (Å²) in [6.45, 7) is 5.21. The van der Waals surface area contributed by atoms with Crippen molar-refractivity contribution in [3.05, 3.63) is 0 Å². The van der Waals surface area contributed by atoms with Crippen LogP contribution in [-0.4, -0.2) is 24.7 Å². The summed E-state index contributed by atoms with van der Waals surface area (Å²) in [6, 6.07) is 0. The van der Waals surface area contributed by atoms with Gasteiger partial charge in [-0.15, -0.1) is 0 Å². The lowest BCUT2D eigenvalue weighted by Crippen LogP contribution is -1.95. The zero-order valence-electron chi connectivity index (χ0n) is 7.36. The Morgan fingerprint density at radius 1 is 1.42 bits per heavy atom. The van der Waals surface area contributed by atoms with Crippen molar-refractivity contribution < 1.29 is 9.05 Å². The minimum atomic E-state index is -2.22. The molecule has 0 aliphatic rings. The van der Waals surface area contributed by atoms with Gasteiger partial charge in [0, 0.05) is 5.75 Å². The molecule has 0 radical (unpaired) electrons. The second-order valence-corrected chi connectivity index (χ2v) is 8.60. The van der Waals surface area contributed by atoms with Gasteiger partial charge in [-0.2, -0.15) is 11.8 Å². The fourth-order valence-corrected chi connectivity index (χ4v) is 3.02. The largest absolute Gasteiger partial charge is 0.322 e. The van der Waals surface area contributed by atoms with E-state index in [1.807, 2.05) is 18.7 Å². The first-order chi connectivity index (χ1) is 5.62. The van der Waals surface area contributed by atoms with Gasteiger partial charge in [-0.1, -0.05) is 19.2 Å². The predicted molar refractivity (Wildman–Crippen MR) is 63.8 cm³/mol. The monoisotopic (exact) mass is 246 g/mol. The van der Waals surface area contributed by atoms with Gasteiger partial charge in [-0.25, -0.2) is 0 Å². The molecule has 0 aromatic heterocycles. The van der Waals surface area contributed by atoms with Crippen molar-refractivity contribution in [1.29, 1.82) is 0 Å². The van der Waals surface area contributed by atoms with Crippen LogP contribution in [0, 0.1) is 0 Å². The SMILES string of the molecule is CCOP(=S)(S)OCCSCC. The van der Waals surface area contributed by atoms with E-state index < -0.39 is 5.69 Å². The maximum absolute atomic E-state index is 5.32. The molecular formula is C6H15O2PS3. The summed E-state index contributed by atoms with van der Waals surface area (Å²) in [5.41, 5.74) is -2.22. The third kappa shape index (κ3) is 7.90. The van der Waals surface area contributed by atoms with Gasteiger partial charge in [0.1, 0.15) is 0 Å². The Bertz CT molecular complexity index is 154. The second-order valence-electron chi connectivity index (χ2n) is 1.92. The summed E-state index contributed by atoms with van der Waals surface area (Å²) in [5, 5.41) is 0. The Morgan fingerprint density at radius 2 is 2.08 bits per heavy atom. The minimum absolute atomic E-state index is 0.571. The Balaban J connectivity index is 3.41. The van der Waals surface area contributed by atoms with Crippen molar-refractivity contribution in [2.75, 3.05) is 24.7 Å². The van der Waals surface area contributed by atoms with Crippen molar-refractivity contribution in [3.63, 3.8) is 0 Å². The minimum Gasteiger partial charge on any atom is -0.322 e. The summed E-state index contributed by atoms with van der Waals surface area (Å²) >= 11 is 11.0. The van der Waals surface area contributed by atoms with Crippen LogP contribution in [0.15, 0.2) is 0 Å². The molecule has 2 nitrogen and oxygen atoms in total. The summed E-state index contributed by atoms with van der Waals surface area (Å²) < 4.78 is 10.5. The van der Waals surface area contributed by atoms with Crippen LogP contribution >= 0.6 is 29.7 Å². The Hall–Kier alpha value is 1.27. The summed E-state index contributed by atoms with van der Waals surface area (Å²) in [5.74, 6) is 2.07. The van der Waals surface area contributed by atoms with E-state index in [2.05, 4.69) is 19.2 Å². The number of hydrogen-bond donors (Lipinski definition) is 1. The maximum Gasteiger partial charge on any atom is 0.244 e. The molecule has 1 atom stereocenters. The molecule has 0 N–H and O–H groups in total. The average Bonchev–Trinajstić information content (AvgIpc) is 1.98. The molecule has 0 saturated carbocycles. The van der Waals surface area contributed by atoms with E-state index in [9.17, 15) is 0 Å². The Labute approximate surface area is 89.1 Å². The van der Waals surface area contributed by atoms with Crippen molar-refractivity contribution in [2.45, 2.75) is 13.8 Å². The molecule has 0 rings (SSSR count). The fourth-order valence-electron chi connectivity index (χ4n) is 0.556. The number of rotatable bonds is 7. The molecule has 0 bridgehead atoms. The normalized spacial score (nSPS) is 15.9. The molecule has 0 amide bonds. The molecule has 0 aromatic carbocycles. The van der Waals surface area contributed by atoms with Crippen LogP contribution in [0.5, 0.6) is 0 Å². The number of thiol groups is 1. The lowest BCUT2D eigenvalue weighted by Gasteiger charge is -2.14. The van der Waals surface area contributed by atoms with Crippen LogP contribution in [0.25, 0.3) is 0 Å². The Kier molecular flexibility index (Phi) is 8.46. The average molecular weight is 246 g/mol. The molecule has 0 aliphatic carbocycles. The van der Waals surface area contributed by atoms with Crippen LogP contribution in [0.2, 0.25) is 0 Å². The summed E-state index contributed by atoms with van der Waals surface area (Å²) in [4.78, 5) is 0. The lowest BCUT2D eigenvalue weighted by atomic mass is 10.9. The van der Waals surface area contributed by atoms with Crippen molar-refractivity contribution in [2.24, 2.45) is 0 Å². The van der Waals surface area contributed by atoms with Crippen molar-refractivity contribution in [1.82, 2.24) is 0 Å². The van der Waals surface area contributed by atoms with Gasteiger partial charge in [0.25, 0.3) is 0 Å². The zero-order chi connectivity index (χ0) is 9.45. The lowest BCUT2D eigenvalue weighted by molar-refractivity contribution is 0.283. The van der Waals surface area contributed by atoms with Crippen LogP contribution in [0.1, 0.15) is 13.8 Å². The molecule has 0 aromatic rings. The van der Waals surface area contributed by atoms with Gasteiger partial charge in [-0.05, 0) is 24.5 Å². The van der Waals surface area contributed by atoms with Crippen LogP contribution in [0.4, 0.5) is 0 Å². The quantitative estimate of drug-likeness (QED) is 0.423. The predicted octanol–water partition coefficient (Wildman–Crippen LogP) is 2.95. The second kappa shape index (κ2) is 7.65. The molecule has 74 valence electrons. The van der Waals surface area contributed by atoms with E-state index in [0.29, 0.717) is 13.2 Å². The van der Waals surface area contributed by atoms with E-state index in [4.69, 9.17) is 20.9 Å². The van der Waals surface area contributed by atoms with Gasteiger partial charge in [0.15, 0.2) is 0 Å². The fraction of sp³-hybridized carbons (Fsp3) is 1.00. The molecule has 12 heavy (non-hydrogen) atoms. The highest BCUT2D eigenvalue weighted by Gasteiger charge is 2.10. The van der Waals surface area contributed by atoms with E-state index in [1.165, 1.54) is 0 Å². The first-order valence-corrected chi connectivity index (χ1v) is 8.76. The molecular weight excluding hydrogens is 231 g/mol. The zero-order valence-corrected chi connectivity index (χ0v) is 10.8. The van der Waals surface area contributed by atoms with Crippen LogP contribution in [0.3, 0.4) is 0 Å². The highest BCUT2D eigenvalue weighted by atomic mass is 32.9. The molecule has 0 saturated heterocycles. The van der Waals surface area contributed by atoms with Gasteiger partial charge in [0.2, 0.25) is 5.69 Å². The van der Waals surface area contributed by atoms with Crippen LogP contribution in [-0.2, 0) is 20.9 Å². The molecule has 0 spiro atoms. The highest BCUT2D eigenvalue weighted by molar-refractivity contribution is 8.60. The topological polar surface area (TPSA) is 18.5 Å². The van der Waals surface area contributed by atoms with Gasteiger partial charge >= 0.3 is 0 Å². The summed E-state index contributed by atoms with van der Waals surface area (Å²) in [6.07, 6.45) is 0. The smallest absolute Gasteiger partial charge is 0.244 e. The van der Waals surface area contributed by atoms with E-state index >= 15 is 0 Å². The molecule has 0 heterocycles. The summed E-state index contributed by atoms with van der Waals surface area (Å²) in [7, 11) is 0. The standard InChI is InChI=1S/C6H15O2PS3/c1-3-7-9(10,11)8-5-6-12-4-2/h3-6H2,1-2H3,(H,10,11). The molecule has 6 heteroatoms. The van der Waals surface area contributed by atoms with Crippen molar-refractivity contribution >= 4 is 41.5 Å². The molecule has 0 aliphatic heterocycles. The van der Waals surface area contributed by atoms with Gasteiger partial charge in [-0.3, -0.25) is 0 Å². The first kappa shape index (κ1) is 13.3. The Morgan fingerprint density at radius 3 is 2.58 bits per heavy atom. The molecule has 1 unspecified atom stereocenters. The van der Waals surface area contributed by atoms with E-state index in [-0.39, 0.29) is 0 Å². The van der Waals surface area contributed by atoms with Crippen molar-refractivity contribution in [3.8, 4) is 0 Å². The third-order valence-electron chi connectivity index (χ3n) is 0.978. The first-order valence-electron chi connectivity index (χ1n) is 3.82. The van der Waals surface area contributed by atoms with Gasteiger partial charge < -0.3 is 9.05 Å². The third-order valence-corrected chi connectivity index (χ3v) is 4.26. The number of thioether (sulfide) groups is 1. The number of hydrogen-bond acceptors (Lipinski definition) is 4. The van der Waals surface area contributed by atoms with E-state index in [0.717, 1.165) is 11.5 Å². The maximum atomic E-state index is 5.32. The highest BCUT2D eigenvalue weighted by Crippen LogP contribution is 2.53.